The van der Waals surface area contributed by atoms with Crippen LogP contribution in [0.4, 0.5) is 4.39 Å². The van der Waals surface area contributed by atoms with Gasteiger partial charge in [0.2, 0.25) is 0 Å². The maximum absolute atomic E-state index is 14.0. The topological polar surface area (TPSA) is 56.2 Å². The van der Waals surface area contributed by atoms with Crippen LogP contribution in [-0.4, -0.2) is 23.4 Å². The van der Waals surface area contributed by atoms with Crippen molar-refractivity contribution in [2.24, 2.45) is 0 Å². The Kier molecular flexibility index (Phi) is 3.70. The quantitative estimate of drug-likeness (QED) is 0.919. The molecule has 0 unspecified atom stereocenters. The molecule has 0 atom stereocenters. The first-order chi connectivity index (χ1) is 10.2. The number of fused-ring (bicyclic) bond motifs is 1. The van der Waals surface area contributed by atoms with E-state index in [0.29, 0.717) is 17.9 Å². The van der Waals surface area contributed by atoms with Gasteiger partial charge in [-0.3, -0.25) is 4.79 Å². The van der Waals surface area contributed by atoms with Gasteiger partial charge >= 0.3 is 0 Å². The summed E-state index contributed by atoms with van der Waals surface area (Å²) in [6.45, 7) is 1.62. The van der Waals surface area contributed by atoms with Crippen molar-refractivity contribution in [2.75, 3.05) is 13.7 Å². The Hall–Kier alpha value is -2.21. The molecule has 21 heavy (non-hydrogen) atoms. The highest BCUT2D eigenvalue weighted by atomic mass is 19.1. The van der Waals surface area contributed by atoms with Crippen molar-refractivity contribution in [2.45, 2.75) is 19.5 Å². The molecule has 1 aliphatic rings. The number of methoxy groups -OCH3 is 1. The Labute approximate surface area is 121 Å². The lowest BCUT2D eigenvalue weighted by Crippen LogP contribution is -2.32. The highest BCUT2D eigenvalue weighted by molar-refractivity contribution is 5.29. The van der Waals surface area contributed by atoms with Crippen molar-refractivity contribution in [3.05, 3.63) is 57.3 Å². The maximum Gasteiger partial charge on any atom is 0.267 e. The number of halogens is 1. The summed E-state index contributed by atoms with van der Waals surface area (Å²) in [7, 11) is 1.48. The second-order valence-corrected chi connectivity index (χ2v) is 5.00. The molecule has 6 heteroatoms. The number of hydrogen-bond acceptors (Lipinski definition) is 4. The van der Waals surface area contributed by atoms with Gasteiger partial charge in [-0.05, 0) is 11.6 Å². The van der Waals surface area contributed by atoms with E-state index in [2.05, 4.69) is 10.4 Å². The Morgan fingerprint density at radius 3 is 3.05 bits per heavy atom. The van der Waals surface area contributed by atoms with Crippen LogP contribution < -0.4 is 15.6 Å². The molecular weight excluding hydrogens is 273 g/mol. The molecule has 2 heterocycles. The summed E-state index contributed by atoms with van der Waals surface area (Å²) in [5, 5.41) is 7.56. The fraction of sp³-hybridized carbons (Fsp3) is 0.333. The molecule has 0 aliphatic carbocycles. The number of benzene rings is 1. The average molecular weight is 289 g/mol. The van der Waals surface area contributed by atoms with E-state index in [1.165, 1.54) is 17.9 Å². The summed E-state index contributed by atoms with van der Waals surface area (Å²) in [6.07, 6.45) is 0.778. The second kappa shape index (κ2) is 5.65. The lowest BCUT2D eigenvalue weighted by molar-refractivity contribution is 0.410. The third-order valence-electron chi connectivity index (χ3n) is 3.60. The molecule has 1 aromatic heterocycles. The van der Waals surface area contributed by atoms with Crippen LogP contribution in [0.5, 0.6) is 5.75 Å². The van der Waals surface area contributed by atoms with Gasteiger partial charge in [-0.1, -0.05) is 6.07 Å². The zero-order valence-electron chi connectivity index (χ0n) is 11.7. The first kappa shape index (κ1) is 13.8. The minimum Gasteiger partial charge on any atom is -0.497 e. The van der Waals surface area contributed by atoms with Crippen molar-refractivity contribution >= 4 is 0 Å². The molecule has 0 radical (unpaired) electrons. The van der Waals surface area contributed by atoms with Crippen molar-refractivity contribution in [3.63, 3.8) is 0 Å². The molecule has 3 rings (SSSR count). The Morgan fingerprint density at radius 1 is 1.43 bits per heavy atom. The summed E-state index contributed by atoms with van der Waals surface area (Å²) < 4.78 is 20.2. The number of hydrogen-bond donors (Lipinski definition) is 1. The zero-order chi connectivity index (χ0) is 14.8. The molecule has 1 aliphatic heterocycles. The van der Waals surface area contributed by atoms with E-state index >= 15 is 0 Å². The molecule has 110 valence electrons. The fourth-order valence-corrected chi connectivity index (χ4v) is 2.42. The molecule has 1 aromatic carbocycles. The summed E-state index contributed by atoms with van der Waals surface area (Å²) in [5.41, 5.74) is 2.03. The minimum absolute atomic E-state index is 0.120. The van der Waals surface area contributed by atoms with Gasteiger partial charge in [0.05, 0.1) is 19.3 Å². The largest absolute Gasteiger partial charge is 0.497 e. The SMILES string of the molecule is COc1ccc(Cn2nc3c(cc2=O)CNCC3)c(F)c1. The molecule has 0 fully saturated rings. The summed E-state index contributed by atoms with van der Waals surface area (Å²) in [6, 6.07) is 6.17. The number of rotatable bonds is 3. The lowest BCUT2D eigenvalue weighted by Gasteiger charge is -2.17. The number of ether oxygens (including phenoxy) is 1. The number of nitrogens with zero attached hydrogens (tertiary/aromatic N) is 2. The van der Waals surface area contributed by atoms with E-state index < -0.39 is 5.82 Å². The maximum atomic E-state index is 14.0. The van der Waals surface area contributed by atoms with Crippen molar-refractivity contribution < 1.29 is 9.13 Å². The van der Waals surface area contributed by atoms with Gasteiger partial charge in [-0.25, -0.2) is 9.07 Å². The van der Waals surface area contributed by atoms with Gasteiger partial charge in [-0.2, -0.15) is 5.10 Å². The molecule has 1 N–H and O–H groups in total. The molecule has 0 saturated carbocycles. The first-order valence-corrected chi connectivity index (χ1v) is 6.80. The Morgan fingerprint density at radius 2 is 2.29 bits per heavy atom. The van der Waals surface area contributed by atoms with Crippen LogP contribution in [0, 0.1) is 5.82 Å². The average Bonchev–Trinajstić information content (AvgIpc) is 2.49. The van der Waals surface area contributed by atoms with E-state index in [1.54, 1.807) is 18.2 Å². The van der Waals surface area contributed by atoms with Crippen LogP contribution in [0.2, 0.25) is 0 Å². The Balaban J connectivity index is 1.93. The normalized spacial score (nSPS) is 13.8. The predicted octanol–water partition coefficient (Wildman–Crippen LogP) is 1.08. The molecular formula is C15H16FN3O2. The number of nitrogens with one attached hydrogen (secondary N) is 1. The van der Waals surface area contributed by atoms with Crippen LogP contribution in [0.3, 0.4) is 0 Å². The molecule has 0 amide bonds. The molecule has 2 aromatic rings. The first-order valence-electron chi connectivity index (χ1n) is 6.80. The van der Waals surface area contributed by atoms with E-state index in [-0.39, 0.29) is 12.1 Å². The molecule has 0 spiro atoms. The summed E-state index contributed by atoms with van der Waals surface area (Å²) in [4.78, 5) is 12.1. The van der Waals surface area contributed by atoms with Gasteiger partial charge in [0.1, 0.15) is 11.6 Å². The van der Waals surface area contributed by atoms with Crippen LogP contribution in [-0.2, 0) is 19.5 Å². The molecule has 0 saturated heterocycles. The van der Waals surface area contributed by atoms with Crippen molar-refractivity contribution in [1.82, 2.24) is 15.1 Å². The monoisotopic (exact) mass is 289 g/mol. The molecule has 5 nitrogen and oxygen atoms in total. The van der Waals surface area contributed by atoms with E-state index in [9.17, 15) is 9.18 Å². The summed E-state index contributed by atoms with van der Waals surface area (Å²) >= 11 is 0. The van der Waals surface area contributed by atoms with Crippen molar-refractivity contribution in [1.29, 1.82) is 0 Å². The lowest BCUT2D eigenvalue weighted by atomic mass is 10.1. The smallest absolute Gasteiger partial charge is 0.267 e. The van der Waals surface area contributed by atoms with Gasteiger partial charge in [0, 0.05) is 37.2 Å². The predicted molar refractivity (Wildman–Crippen MR) is 76.0 cm³/mol. The highest BCUT2D eigenvalue weighted by Crippen LogP contribution is 2.17. The second-order valence-electron chi connectivity index (χ2n) is 5.00. The zero-order valence-corrected chi connectivity index (χ0v) is 11.7. The van der Waals surface area contributed by atoms with Gasteiger partial charge in [0.15, 0.2) is 0 Å². The van der Waals surface area contributed by atoms with E-state index in [0.717, 1.165) is 24.2 Å². The highest BCUT2D eigenvalue weighted by Gasteiger charge is 2.14. The van der Waals surface area contributed by atoms with Gasteiger partial charge in [0.25, 0.3) is 5.56 Å². The van der Waals surface area contributed by atoms with Gasteiger partial charge < -0.3 is 10.1 Å². The van der Waals surface area contributed by atoms with Gasteiger partial charge in [-0.15, -0.1) is 0 Å². The van der Waals surface area contributed by atoms with E-state index in [4.69, 9.17) is 4.74 Å². The fourth-order valence-electron chi connectivity index (χ4n) is 2.42. The van der Waals surface area contributed by atoms with Crippen LogP contribution in [0.15, 0.2) is 29.1 Å². The number of aromatic nitrogens is 2. The Bertz CT molecular complexity index is 727. The van der Waals surface area contributed by atoms with Crippen LogP contribution >= 0.6 is 0 Å². The summed E-state index contributed by atoms with van der Waals surface area (Å²) in [5.74, 6) is 0.0514. The van der Waals surface area contributed by atoms with Crippen molar-refractivity contribution in [3.8, 4) is 5.75 Å². The minimum atomic E-state index is -0.401. The third-order valence-corrected chi connectivity index (χ3v) is 3.60. The van der Waals surface area contributed by atoms with Crippen LogP contribution in [0.25, 0.3) is 0 Å². The standard InChI is InChI=1S/C15H16FN3O2/c1-21-12-3-2-10(13(16)7-12)9-19-15(20)6-11-8-17-5-4-14(11)18-19/h2-3,6-7,17H,4-5,8-9H2,1H3. The van der Waals surface area contributed by atoms with E-state index in [1.807, 2.05) is 0 Å². The molecule has 0 bridgehead atoms. The third kappa shape index (κ3) is 2.80. The van der Waals surface area contributed by atoms with Crippen LogP contribution in [0.1, 0.15) is 16.8 Å².